The van der Waals surface area contributed by atoms with Gasteiger partial charge in [0.05, 0.1) is 9.35 Å². The molecule has 5 nitrogen and oxygen atoms in total. The normalized spacial score (nSPS) is 9.95. The van der Waals surface area contributed by atoms with E-state index in [0.717, 1.165) is 3.79 Å². The average Bonchev–Trinajstić information content (AvgIpc) is 2.75. The van der Waals surface area contributed by atoms with E-state index in [2.05, 4.69) is 26.6 Å². The fourth-order valence-electron chi connectivity index (χ4n) is 1.45. The van der Waals surface area contributed by atoms with Crippen molar-refractivity contribution >= 4 is 50.6 Å². The lowest BCUT2D eigenvalue weighted by Crippen LogP contribution is -2.19. The molecule has 19 heavy (non-hydrogen) atoms. The number of nitrogens with one attached hydrogen (secondary N) is 2. The van der Waals surface area contributed by atoms with Crippen LogP contribution in [0.2, 0.25) is 0 Å². The smallest absolute Gasteiger partial charge is 0.316 e. The Morgan fingerprint density at radius 1 is 1.16 bits per heavy atom. The van der Waals surface area contributed by atoms with Crippen LogP contribution in [0.25, 0.3) is 0 Å². The molecule has 0 bridgehead atoms. The van der Waals surface area contributed by atoms with E-state index in [1.165, 1.54) is 11.3 Å². The molecule has 0 saturated heterocycles. The van der Waals surface area contributed by atoms with Crippen molar-refractivity contribution in [1.29, 1.82) is 0 Å². The van der Waals surface area contributed by atoms with Gasteiger partial charge in [0.2, 0.25) is 0 Å². The molecule has 0 radical (unpaired) electrons. The van der Waals surface area contributed by atoms with Crippen LogP contribution in [0.4, 0.5) is 16.2 Å². The summed E-state index contributed by atoms with van der Waals surface area (Å²) in [4.78, 5) is 22.7. The first-order valence-corrected chi connectivity index (χ1v) is 6.94. The minimum Gasteiger partial charge on any atom is -0.351 e. The molecule has 0 aliphatic rings. The summed E-state index contributed by atoms with van der Waals surface area (Å²) in [6.07, 6.45) is 0. The number of carbonyl (C=O) groups excluding carboxylic acids is 2. The number of carbonyl (C=O) groups is 2. The number of primary amides is 1. The van der Waals surface area contributed by atoms with Crippen molar-refractivity contribution in [3.8, 4) is 0 Å². The second kappa shape index (κ2) is 5.85. The van der Waals surface area contributed by atoms with Gasteiger partial charge in [0.1, 0.15) is 0 Å². The van der Waals surface area contributed by atoms with Crippen molar-refractivity contribution in [3.63, 3.8) is 0 Å². The second-order valence-corrected chi connectivity index (χ2v) is 5.95. The highest BCUT2D eigenvalue weighted by Crippen LogP contribution is 2.22. The molecule has 1 heterocycles. The summed E-state index contributed by atoms with van der Waals surface area (Å²) in [6.45, 7) is 0. The van der Waals surface area contributed by atoms with Crippen LogP contribution in [0.3, 0.4) is 0 Å². The van der Waals surface area contributed by atoms with Gasteiger partial charge in [-0.2, -0.15) is 0 Å². The van der Waals surface area contributed by atoms with Crippen LogP contribution in [0.1, 0.15) is 10.4 Å². The molecule has 0 unspecified atom stereocenters. The zero-order valence-corrected chi connectivity index (χ0v) is 12.0. The van der Waals surface area contributed by atoms with Gasteiger partial charge < -0.3 is 16.4 Å². The maximum absolute atomic E-state index is 11.9. The van der Waals surface area contributed by atoms with Gasteiger partial charge in [0, 0.05) is 16.8 Å². The maximum Gasteiger partial charge on any atom is 0.316 e. The molecule has 0 spiro atoms. The van der Waals surface area contributed by atoms with E-state index >= 15 is 0 Å². The number of benzene rings is 1. The Morgan fingerprint density at radius 2 is 1.84 bits per heavy atom. The van der Waals surface area contributed by atoms with Gasteiger partial charge in [-0.25, -0.2) is 4.79 Å². The molecule has 0 aliphatic carbocycles. The summed E-state index contributed by atoms with van der Waals surface area (Å²) in [5, 5.41) is 6.94. The number of hydrogen-bond acceptors (Lipinski definition) is 3. The fraction of sp³-hybridized carbons (Fsp3) is 0. The third-order valence-electron chi connectivity index (χ3n) is 2.22. The van der Waals surface area contributed by atoms with E-state index < -0.39 is 6.03 Å². The first kappa shape index (κ1) is 13.6. The Balaban J connectivity index is 2.10. The zero-order chi connectivity index (χ0) is 13.8. The predicted octanol–water partition coefficient (Wildman–Crippen LogP) is 3.25. The minimum atomic E-state index is -0.648. The number of rotatable bonds is 3. The number of hydrogen-bond donors (Lipinski definition) is 3. The Morgan fingerprint density at radius 3 is 2.42 bits per heavy atom. The largest absolute Gasteiger partial charge is 0.351 e. The lowest BCUT2D eigenvalue weighted by molar-refractivity contribution is 0.102. The van der Waals surface area contributed by atoms with Crippen LogP contribution in [0.15, 0.2) is 39.5 Å². The molecule has 2 rings (SSSR count). The molecule has 4 N–H and O–H groups in total. The summed E-state index contributed by atoms with van der Waals surface area (Å²) < 4.78 is 0.891. The summed E-state index contributed by atoms with van der Waals surface area (Å²) in [7, 11) is 0. The molecule has 98 valence electrons. The quantitative estimate of drug-likeness (QED) is 0.801. The topological polar surface area (TPSA) is 84.2 Å². The number of halogens is 1. The van der Waals surface area contributed by atoms with Crippen LogP contribution in [0, 0.1) is 0 Å². The van der Waals surface area contributed by atoms with E-state index in [-0.39, 0.29) is 5.91 Å². The molecule has 0 atom stereocenters. The van der Waals surface area contributed by atoms with Gasteiger partial charge in [-0.15, -0.1) is 11.3 Å². The Labute approximate surface area is 121 Å². The van der Waals surface area contributed by atoms with E-state index in [9.17, 15) is 9.59 Å². The summed E-state index contributed by atoms with van der Waals surface area (Å²) in [5.41, 5.74) is 6.71. The number of urea groups is 1. The van der Waals surface area contributed by atoms with Crippen LogP contribution in [-0.4, -0.2) is 11.9 Å². The summed E-state index contributed by atoms with van der Waals surface area (Å²) >= 11 is 4.74. The molecular formula is C12H10BrN3O2S. The average molecular weight is 340 g/mol. The lowest BCUT2D eigenvalue weighted by Gasteiger charge is -2.06. The molecule has 0 saturated carbocycles. The monoisotopic (exact) mass is 339 g/mol. The van der Waals surface area contributed by atoms with Crippen molar-refractivity contribution in [3.05, 3.63) is 45.1 Å². The zero-order valence-electron chi connectivity index (χ0n) is 9.64. The van der Waals surface area contributed by atoms with Crippen LogP contribution >= 0.6 is 27.3 Å². The van der Waals surface area contributed by atoms with Gasteiger partial charge in [-0.3, -0.25) is 4.79 Å². The standard InChI is InChI=1S/C12H10BrN3O2S/c13-10-4-7(6-19-10)11(17)15-8-2-1-3-9(5-8)16-12(14)18/h1-6H,(H,15,17)(H3,14,16,18). The van der Waals surface area contributed by atoms with E-state index in [4.69, 9.17) is 5.73 Å². The van der Waals surface area contributed by atoms with Gasteiger partial charge in [-0.1, -0.05) is 6.07 Å². The molecule has 7 heteroatoms. The highest BCUT2D eigenvalue weighted by Gasteiger charge is 2.08. The SMILES string of the molecule is NC(=O)Nc1cccc(NC(=O)c2csc(Br)c2)c1. The first-order chi connectivity index (χ1) is 9.04. The van der Waals surface area contributed by atoms with Crippen molar-refractivity contribution in [2.24, 2.45) is 5.73 Å². The number of nitrogens with two attached hydrogens (primary N) is 1. The highest BCUT2D eigenvalue weighted by molar-refractivity contribution is 9.11. The van der Waals surface area contributed by atoms with Crippen LogP contribution in [-0.2, 0) is 0 Å². The van der Waals surface area contributed by atoms with Gasteiger partial charge >= 0.3 is 6.03 Å². The maximum atomic E-state index is 11.9. The Bertz CT molecular complexity index is 627. The number of thiophene rings is 1. The van der Waals surface area contributed by atoms with Crippen molar-refractivity contribution in [2.45, 2.75) is 0 Å². The minimum absolute atomic E-state index is 0.210. The lowest BCUT2D eigenvalue weighted by atomic mass is 10.2. The Hall–Kier alpha value is -1.86. The summed E-state index contributed by atoms with van der Waals surface area (Å²) in [6, 6.07) is 7.85. The third kappa shape index (κ3) is 3.80. The van der Waals surface area contributed by atoms with Crippen molar-refractivity contribution in [2.75, 3.05) is 10.6 Å². The fourth-order valence-corrected chi connectivity index (χ4v) is 2.59. The molecule has 3 amide bonds. The molecule has 1 aromatic heterocycles. The van der Waals surface area contributed by atoms with Crippen LogP contribution in [0.5, 0.6) is 0 Å². The van der Waals surface area contributed by atoms with Crippen molar-refractivity contribution in [1.82, 2.24) is 0 Å². The van der Waals surface area contributed by atoms with Gasteiger partial charge in [-0.05, 0) is 40.2 Å². The van der Waals surface area contributed by atoms with E-state index in [1.54, 1.807) is 35.7 Å². The highest BCUT2D eigenvalue weighted by atomic mass is 79.9. The molecule has 0 fully saturated rings. The first-order valence-electron chi connectivity index (χ1n) is 5.26. The van der Waals surface area contributed by atoms with E-state index in [1.807, 2.05) is 0 Å². The molecule has 0 aliphatic heterocycles. The molecular weight excluding hydrogens is 330 g/mol. The molecule has 2 aromatic rings. The number of amides is 3. The van der Waals surface area contributed by atoms with Crippen LogP contribution < -0.4 is 16.4 Å². The van der Waals surface area contributed by atoms with Crippen molar-refractivity contribution < 1.29 is 9.59 Å². The third-order valence-corrected chi connectivity index (χ3v) is 3.72. The second-order valence-electron chi connectivity index (χ2n) is 3.66. The van der Waals surface area contributed by atoms with E-state index in [0.29, 0.717) is 16.9 Å². The summed E-state index contributed by atoms with van der Waals surface area (Å²) in [5.74, 6) is -0.210. The van der Waals surface area contributed by atoms with Gasteiger partial charge in [0.15, 0.2) is 0 Å². The Kier molecular flexibility index (Phi) is 4.18. The molecule has 1 aromatic carbocycles. The number of anilines is 2. The predicted molar refractivity (Wildman–Crippen MR) is 79.6 cm³/mol. The van der Waals surface area contributed by atoms with Gasteiger partial charge in [0.25, 0.3) is 5.91 Å².